The number of nitrogens with two attached hydrogens (primary N) is 1. The van der Waals surface area contributed by atoms with Gasteiger partial charge in [-0.05, 0) is 39.0 Å². The Morgan fingerprint density at radius 2 is 2.22 bits per heavy atom. The molecule has 23 heavy (non-hydrogen) atoms. The number of carbonyl (C=O) groups is 1. The van der Waals surface area contributed by atoms with Gasteiger partial charge >= 0.3 is 0 Å². The molecule has 2 aromatic rings. The zero-order valence-corrected chi connectivity index (χ0v) is 14.9. The summed E-state index contributed by atoms with van der Waals surface area (Å²) < 4.78 is 5.98. The molecule has 0 saturated heterocycles. The summed E-state index contributed by atoms with van der Waals surface area (Å²) in [7, 11) is 0. The van der Waals surface area contributed by atoms with Crippen LogP contribution in [-0.2, 0) is 0 Å². The molecule has 1 amide bonds. The second kappa shape index (κ2) is 6.37. The molecule has 1 unspecified atom stereocenters. The zero-order chi connectivity index (χ0) is 15.9. The van der Waals surface area contributed by atoms with Crippen molar-refractivity contribution in [1.82, 2.24) is 10.3 Å². The Kier molecular flexibility index (Phi) is 4.87. The van der Waals surface area contributed by atoms with E-state index in [4.69, 9.17) is 10.5 Å². The summed E-state index contributed by atoms with van der Waals surface area (Å²) in [5.74, 6) is 0.665. The normalized spacial score (nSPS) is 18.3. The summed E-state index contributed by atoms with van der Waals surface area (Å²) in [5, 5.41) is 3.96. The van der Waals surface area contributed by atoms with Crippen LogP contribution < -0.4 is 15.8 Å². The number of anilines is 1. The monoisotopic (exact) mass is 353 g/mol. The topological polar surface area (TPSA) is 77.2 Å². The molecular formula is C16H20ClN3O2S. The fourth-order valence-electron chi connectivity index (χ4n) is 2.70. The number of fused-ring (bicyclic) bond motifs is 1. The predicted octanol–water partition coefficient (Wildman–Crippen LogP) is 3.49. The Balaban J connectivity index is 0.00000192. The van der Waals surface area contributed by atoms with Gasteiger partial charge in [-0.25, -0.2) is 4.98 Å². The summed E-state index contributed by atoms with van der Waals surface area (Å²) in [6.07, 6.45) is 2.30. The standard InChI is InChI=1S/C16H19N3O2S.ClH/c1-9-18-8-14(22-9)15(20)19-12-7-16(2,3)21-13-5-4-10(17)6-11(12)13;/h4-6,8,12H,7,17H2,1-3H3,(H,19,20);1H. The van der Waals surface area contributed by atoms with Crippen molar-refractivity contribution in [3.63, 3.8) is 0 Å². The van der Waals surface area contributed by atoms with Gasteiger partial charge < -0.3 is 15.8 Å². The van der Waals surface area contributed by atoms with Crippen LogP contribution >= 0.6 is 23.7 Å². The van der Waals surface area contributed by atoms with Crippen molar-refractivity contribution < 1.29 is 9.53 Å². The van der Waals surface area contributed by atoms with Gasteiger partial charge in [-0.1, -0.05) is 0 Å². The molecule has 1 aromatic carbocycles. The second-order valence-corrected chi connectivity index (χ2v) is 7.37. The Morgan fingerprint density at radius 3 is 2.87 bits per heavy atom. The minimum atomic E-state index is -0.343. The predicted molar refractivity (Wildman–Crippen MR) is 94.5 cm³/mol. The van der Waals surface area contributed by atoms with Gasteiger partial charge in [0.15, 0.2) is 0 Å². The first kappa shape index (κ1) is 17.6. The Bertz CT molecular complexity index is 730. The van der Waals surface area contributed by atoms with Gasteiger partial charge in [0.05, 0.1) is 17.2 Å². The van der Waals surface area contributed by atoms with Crippen molar-refractivity contribution in [1.29, 1.82) is 0 Å². The highest BCUT2D eigenvalue weighted by atomic mass is 35.5. The van der Waals surface area contributed by atoms with Crippen LogP contribution in [0.4, 0.5) is 5.69 Å². The van der Waals surface area contributed by atoms with Crippen molar-refractivity contribution in [3.8, 4) is 5.75 Å². The molecule has 1 aromatic heterocycles. The van der Waals surface area contributed by atoms with E-state index in [1.54, 1.807) is 6.20 Å². The SMILES string of the molecule is Cc1ncc(C(=O)NC2CC(C)(C)Oc3ccc(N)cc32)s1.Cl. The first-order chi connectivity index (χ1) is 10.3. The molecule has 3 rings (SSSR count). The number of benzene rings is 1. The molecule has 1 aliphatic heterocycles. The zero-order valence-electron chi connectivity index (χ0n) is 13.3. The quantitative estimate of drug-likeness (QED) is 0.810. The van der Waals surface area contributed by atoms with E-state index in [0.717, 1.165) is 16.3 Å². The number of rotatable bonds is 2. The van der Waals surface area contributed by atoms with Crippen LogP contribution in [0.3, 0.4) is 0 Å². The summed E-state index contributed by atoms with van der Waals surface area (Å²) in [5.41, 5.74) is 7.13. The van der Waals surface area contributed by atoms with E-state index < -0.39 is 0 Å². The van der Waals surface area contributed by atoms with E-state index in [9.17, 15) is 4.79 Å². The average molecular weight is 354 g/mol. The Morgan fingerprint density at radius 1 is 1.48 bits per heavy atom. The number of thiazole rings is 1. The highest BCUT2D eigenvalue weighted by molar-refractivity contribution is 7.13. The largest absolute Gasteiger partial charge is 0.487 e. The number of aromatic nitrogens is 1. The van der Waals surface area contributed by atoms with Gasteiger partial charge in [-0.3, -0.25) is 4.79 Å². The molecule has 7 heteroatoms. The highest BCUT2D eigenvalue weighted by Crippen LogP contribution is 2.40. The lowest BCUT2D eigenvalue weighted by atomic mass is 9.89. The van der Waals surface area contributed by atoms with Crippen LogP contribution in [-0.4, -0.2) is 16.5 Å². The Hall–Kier alpha value is -1.79. The van der Waals surface area contributed by atoms with E-state index in [0.29, 0.717) is 17.0 Å². The van der Waals surface area contributed by atoms with E-state index in [-0.39, 0.29) is 30.0 Å². The number of nitrogen functional groups attached to an aromatic ring is 1. The van der Waals surface area contributed by atoms with Crippen molar-refractivity contribution in [2.24, 2.45) is 0 Å². The lowest BCUT2D eigenvalue weighted by Gasteiger charge is -2.38. The van der Waals surface area contributed by atoms with Gasteiger partial charge in [-0.15, -0.1) is 23.7 Å². The van der Waals surface area contributed by atoms with Crippen LogP contribution in [0, 0.1) is 6.92 Å². The van der Waals surface area contributed by atoms with Crippen molar-refractivity contribution in [2.75, 3.05) is 5.73 Å². The number of halogens is 1. The summed E-state index contributed by atoms with van der Waals surface area (Å²) >= 11 is 1.39. The van der Waals surface area contributed by atoms with Gasteiger partial charge in [0.25, 0.3) is 5.91 Å². The van der Waals surface area contributed by atoms with Crippen molar-refractivity contribution in [2.45, 2.75) is 38.8 Å². The van der Waals surface area contributed by atoms with E-state index in [2.05, 4.69) is 10.3 Å². The second-order valence-electron chi connectivity index (χ2n) is 6.13. The van der Waals surface area contributed by atoms with Gasteiger partial charge in [0.2, 0.25) is 0 Å². The summed E-state index contributed by atoms with van der Waals surface area (Å²) in [6, 6.07) is 5.41. The molecule has 0 bridgehead atoms. The number of carbonyl (C=O) groups excluding carboxylic acids is 1. The molecule has 1 aliphatic rings. The number of aryl methyl sites for hydroxylation is 1. The molecule has 124 valence electrons. The highest BCUT2D eigenvalue weighted by Gasteiger charge is 2.34. The third kappa shape index (κ3) is 3.76. The average Bonchev–Trinajstić information content (AvgIpc) is 2.85. The molecule has 0 aliphatic carbocycles. The maximum atomic E-state index is 12.4. The van der Waals surface area contributed by atoms with Crippen LogP contribution in [0.5, 0.6) is 5.75 Å². The number of hydrogen-bond acceptors (Lipinski definition) is 5. The van der Waals surface area contributed by atoms with E-state index in [1.165, 1.54) is 11.3 Å². The summed E-state index contributed by atoms with van der Waals surface area (Å²) in [6.45, 7) is 5.92. The fraction of sp³-hybridized carbons (Fsp3) is 0.375. The van der Waals surface area contributed by atoms with Crippen molar-refractivity contribution in [3.05, 3.63) is 39.8 Å². The maximum absolute atomic E-state index is 12.4. The Labute approximate surface area is 145 Å². The molecule has 2 heterocycles. The molecule has 0 saturated carbocycles. The van der Waals surface area contributed by atoms with Gasteiger partial charge in [0.1, 0.15) is 16.2 Å². The molecule has 0 radical (unpaired) electrons. The summed E-state index contributed by atoms with van der Waals surface area (Å²) in [4.78, 5) is 17.2. The lowest BCUT2D eigenvalue weighted by Crippen LogP contribution is -2.41. The van der Waals surface area contributed by atoms with Crippen LogP contribution in [0.2, 0.25) is 0 Å². The lowest BCUT2D eigenvalue weighted by molar-refractivity contribution is 0.0621. The first-order valence-electron chi connectivity index (χ1n) is 7.16. The third-order valence-corrected chi connectivity index (χ3v) is 4.55. The number of amides is 1. The van der Waals surface area contributed by atoms with E-state index in [1.807, 2.05) is 39.0 Å². The van der Waals surface area contributed by atoms with Crippen LogP contribution in [0.25, 0.3) is 0 Å². The van der Waals surface area contributed by atoms with Crippen molar-refractivity contribution >= 4 is 35.3 Å². The third-order valence-electron chi connectivity index (χ3n) is 3.64. The first-order valence-corrected chi connectivity index (χ1v) is 7.97. The molecule has 0 fully saturated rings. The minimum absolute atomic E-state index is 0. The number of nitrogens with zero attached hydrogens (tertiary/aromatic N) is 1. The van der Waals surface area contributed by atoms with E-state index >= 15 is 0 Å². The minimum Gasteiger partial charge on any atom is -0.487 e. The molecular weight excluding hydrogens is 334 g/mol. The van der Waals surface area contributed by atoms with Crippen LogP contribution in [0.15, 0.2) is 24.4 Å². The number of ether oxygens (including phenoxy) is 1. The maximum Gasteiger partial charge on any atom is 0.263 e. The number of hydrogen-bond donors (Lipinski definition) is 2. The smallest absolute Gasteiger partial charge is 0.263 e. The molecule has 1 atom stereocenters. The molecule has 3 N–H and O–H groups in total. The van der Waals surface area contributed by atoms with Gasteiger partial charge in [-0.2, -0.15) is 0 Å². The number of nitrogens with one attached hydrogen (secondary N) is 1. The van der Waals surface area contributed by atoms with Gasteiger partial charge in [0, 0.05) is 17.7 Å². The fourth-order valence-corrected chi connectivity index (χ4v) is 3.38. The van der Waals surface area contributed by atoms with Crippen LogP contribution in [0.1, 0.15) is 46.6 Å². The molecule has 0 spiro atoms. The molecule has 5 nitrogen and oxygen atoms in total.